The highest BCUT2D eigenvalue weighted by Gasteiger charge is 2.25. The average Bonchev–Trinajstić information content (AvgIpc) is 3.81. The van der Waals surface area contributed by atoms with Crippen LogP contribution in [0, 0.1) is 0 Å². The quantitative estimate of drug-likeness (QED) is 0.173. The summed E-state index contributed by atoms with van der Waals surface area (Å²) >= 11 is 0. The molecule has 12 rings (SSSR count). The molecule has 2 aromatic heterocycles. The molecule has 0 saturated heterocycles. The van der Waals surface area contributed by atoms with Crippen LogP contribution in [0.1, 0.15) is 17.7 Å². The first-order valence-electron chi connectivity index (χ1n) is 18.8. The van der Waals surface area contributed by atoms with E-state index in [1.165, 1.54) is 76.3 Å². The molecule has 2 heterocycles. The molecular weight excluding hydrogens is 657 g/mol. The van der Waals surface area contributed by atoms with E-state index in [1.54, 1.807) is 0 Å². The van der Waals surface area contributed by atoms with Crippen molar-refractivity contribution in [3.05, 3.63) is 175 Å². The van der Waals surface area contributed by atoms with Gasteiger partial charge in [-0.3, -0.25) is 0 Å². The number of allylic oxidation sites excluding steroid dienone is 1. The maximum Gasteiger partial charge on any atom is 0.147 e. The summed E-state index contributed by atoms with van der Waals surface area (Å²) in [4.78, 5) is 0. The van der Waals surface area contributed by atoms with Crippen molar-refractivity contribution in [2.75, 3.05) is 0 Å². The van der Waals surface area contributed by atoms with E-state index in [2.05, 4.69) is 164 Å². The summed E-state index contributed by atoms with van der Waals surface area (Å²) in [5, 5.41) is 13.2. The number of rotatable bonds is 3. The van der Waals surface area contributed by atoms with Crippen LogP contribution in [-0.4, -0.2) is 0 Å². The molecular formula is C52H32O2. The molecule has 0 aliphatic heterocycles. The molecule has 54 heavy (non-hydrogen) atoms. The Hall–Kier alpha value is -6.90. The molecule has 0 atom stereocenters. The van der Waals surface area contributed by atoms with Crippen molar-refractivity contribution in [1.29, 1.82) is 0 Å². The molecule has 1 aliphatic rings. The number of furan rings is 2. The predicted octanol–water partition coefficient (Wildman–Crippen LogP) is 14.9. The van der Waals surface area contributed by atoms with Gasteiger partial charge in [-0.2, -0.15) is 0 Å². The third-order valence-corrected chi connectivity index (χ3v) is 11.7. The monoisotopic (exact) mass is 688 g/mol. The number of hydrogen-bond donors (Lipinski definition) is 0. The van der Waals surface area contributed by atoms with Gasteiger partial charge >= 0.3 is 0 Å². The third kappa shape index (κ3) is 4.17. The molecule has 1 aliphatic carbocycles. The first kappa shape index (κ1) is 29.7. The minimum absolute atomic E-state index is 0.868. The summed E-state index contributed by atoms with van der Waals surface area (Å²) in [7, 11) is 0. The van der Waals surface area contributed by atoms with Gasteiger partial charge in [0.1, 0.15) is 22.5 Å². The summed E-state index contributed by atoms with van der Waals surface area (Å²) < 4.78 is 13.4. The van der Waals surface area contributed by atoms with Gasteiger partial charge in [0.2, 0.25) is 0 Å². The van der Waals surface area contributed by atoms with E-state index in [0.717, 1.165) is 57.3 Å². The van der Waals surface area contributed by atoms with Crippen molar-refractivity contribution in [2.45, 2.75) is 12.8 Å². The standard InChI is InChI=1S/C52H32O2/c1-2-14-32-29-33(26-25-31(32)13-1)48-38-18-5-7-20-40(38)49(41-21-8-6-19-39(41)48)42-28-27-36(34-15-3-4-16-35(34)42)44-30-45-37-17-9-11-23-46(37)53-52(45)50-43-22-10-12-24-47(43)54-51(44)50/h1-8,10-16,18-30H,9,17H2. The number of fused-ring (bicyclic) bond motifs is 11. The number of hydrogen-bond acceptors (Lipinski definition) is 2. The normalized spacial score (nSPS) is 13.0. The van der Waals surface area contributed by atoms with Gasteiger partial charge < -0.3 is 8.83 Å². The second kappa shape index (κ2) is 11.3. The lowest BCUT2D eigenvalue weighted by molar-refractivity contribution is 0.598. The Kier molecular flexibility index (Phi) is 6.20. The molecule has 11 aromatic rings. The highest BCUT2D eigenvalue weighted by atomic mass is 16.3. The molecule has 0 amide bonds. The first-order valence-corrected chi connectivity index (χ1v) is 18.8. The molecule has 0 saturated carbocycles. The Labute approximate surface area is 311 Å². The van der Waals surface area contributed by atoms with Crippen LogP contribution in [0.2, 0.25) is 0 Å². The fraction of sp³-hybridized carbons (Fsp3) is 0.0385. The average molecular weight is 689 g/mol. The third-order valence-electron chi connectivity index (χ3n) is 11.7. The van der Waals surface area contributed by atoms with Crippen molar-refractivity contribution < 1.29 is 8.83 Å². The van der Waals surface area contributed by atoms with Crippen LogP contribution in [0.5, 0.6) is 0 Å². The largest absolute Gasteiger partial charge is 0.456 e. The van der Waals surface area contributed by atoms with E-state index in [9.17, 15) is 0 Å². The fourth-order valence-electron chi connectivity index (χ4n) is 9.34. The van der Waals surface area contributed by atoms with E-state index in [1.807, 2.05) is 6.07 Å². The fourth-order valence-corrected chi connectivity index (χ4v) is 9.34. The van der Waals surface area contributed by atoms with Crippen LogP contribution in [-0.2, 0) is 6.42 Å². The van der Waals surface area contributed by atoms with Gasteiger partial charge in [0.15, 0.2) is 0 Å². The zero-order valence-electron chi connectivity index (χ0n) is 29.4. The zero-order chi connectivity index (χ0) is 35.3. The van der Waals surface area contributed by atoms with Gasteiger partial charge in [-0.1, -0.05) is 146 Å². The van der Waals surface area contributed by atoms with Crippen LogP contribution < -0.4 is 0 Å². The number of para-hydroxylation sites is 1. The molecule has 0 radical (unpaired) electrons. The van der Waals surface area contributed by atoms with E-state index in [0.29, 0.717) is 0 Å². The Bertz CT molecular complexity index is 3330. The van der Waals surface area contributed by atoms with Gasteiger partial charge in [0.25, 0.3) is 0 Å². The highest BCUT2D eigenvalue weighted by Crippen LogP contribution is 2.49. The predicted molar refractivity (Wildman–Crippen MR) is 227 cm³/mol. The van der Waals surface area contributed by atoms with Gasteiger partial charge in [-0.15, -0.1) is 0 Å². The summed E-state index contributed by atoms with van der Waals surface area (Å²) in [5.74, 6) is 0.964. The van der Waals surface area contributed by atoms with Crippen LogP contribution in [0.3, 0.4) is 0 Å². The number of aryl methyl sites for hydroxylation is 1. The molecule has 2 nitrogen and oxygen atoms in total. The molecule has 0 N–H and O–H groups in total. The first-order chi connectivity index (χ1) is 26.8. The van der Waals surface area contributed by atoms with Crippen molar-refractivity contribution in [3.8, 4) is 33.4 Å². The lowest BCUT2D eigenvalue weighted by atomic mass is 9.83. The summed E-state index contributed by atoms with van der Waals surface area (Å²) in [6.07, 6.45) is 6.33. The second-order valence-electron chi connectivity index (χ2n) is 14.6. The Morgan fingerprint density at radius 3 is 1.78 bits per heavy atom. The highest BCUT2D eigenvalue weighted by molar-refractivity contribution is 6.26. The molecule has 2 heteroatoms. The molecule has 0 unspecified atom stereocenters. The van der Waals surface area contributed by atoms with Gasteiger partial charge in [0.05, 0.1) is 5.39 Å². The minimum atomic E-state index is 0.868. The SMILES string of the molecule is C1=Cc2oc3c(cc(-c4ccc(-c5c6ccccc6c(-c6ccc7ccccc7c6)c6ccccc56)c5ccccc45)c4oc5ccccc5c43)c2CC1. The summed E-state index contributed by atoms with van der Waals surface area (Å²) in [6, 6.07) is 57.6. The second-order valence-corrected chi connectivity index (χ2v) is 14.6. The van der Waals surface area contributed by atoms with E-state index < -0.39 is 0 Å². The van der Waals surface area contributed by atoms with Crippen LogP contribution >= 0.6 is 0 Å². The summed E-state index contributed by atoms with van der Waals surface area (Å²) in [6.45, 7) is 0. The van der Waals surface area contributed by atoms with Crippen molar-refractivity contribution >= 4 is 82.1 Å². The van der Waals surface area contributed by atoms with Gasteiger partial charge in [-0.05, 0) is 108 Å². The Balaban J connectivity index is 1.16. The zero-order valence-corrected chi connectivity index (χ0v) is 29.4. The van der Waals surface area contributed by atoms with E-state index in [-0.39, 0.29) is 0 Å². The molecule has 0 fully saturated rings. The van der Waals surface area contributed by atoms with Crippen LogP contribution in [0.15, 0.2) is 173 Å². The molecule has 0 spiro atoms. The minimum Gasteiger partial charge on any atom is -0.456 e. The van der Waals surface area contributed by atoms with Crippen LogP contribution in [0.4, 0.5) is 0 Å². The maximum atomic E-state index is 6.76. The van der Waals surface area contributed by atoms with Crippen molar-refractivity contribution in [1.82, 2.24) is 0 Å². The van der Waals surface area contributed by atoms with Gasteiger partial charge in [-0.25, -0.2) is 0 Å². The summed E-state index contributed by atoms with van der Waals surface area (Å²) in [5.41, 5.74) is 11.2. The topological polar surface area (TPSA) is 26.3 Å². The van der Waals surface area contributed by atoms with Crippen molar-refractivity contribution in [3.63, 3.8) is 0 Å². The molecule has 9 aromatic carbocycles. The molecule has 0 bridgehead atoms. The Morgan fingerprint density at radius 2 is 1.02 bits per heavy atom. The van der Waals surface area contributed by atoms with E-state index in [4.69, 9.17) is 8.83 Å². The Morgan fingerprint density at radius 1 is 0.407 bits per heavy atom. The van der Waals surface area contributed by atoms with Crippen LogP contribution in [0.25, 0.3) is 115 Å². The van der Waals surface area contributed by atoms with Crippen molar-refractivity contribution in [2.24, 2.45) is 0 Å². The smallest absolute Gasteiger partial charge is 0.147 e. The maximum absolute atomic E-state index is 6.76. The lowest BCUT2D eigenvalue weighted by Gasteiger charge is -2.20. The lowest BCUT2D eigenvalue weighted by Crippen LogP contribution is -1.93. The number of benzene rings is 9. The van der Waals surface area contributed by atoms with E-state index >= 15 is 0 Å². The van der Waals surface area contributed by atoms with Gasteiger partial charge in [0, 0.05) is 21.9 Å². The molecule has 252 valence electrons.